The molecular weight excluding hydrogens is 226 g/mol. The van der Waals surface area contributed by atoms with Crippen molar-refractivity contribution in [3.8, 4) is 5.69 Å². The third kappa shape index (κ3) is 2.20. The van der Waals surface area contributed by atoms with E-state index >= 15 is 0 Å². The minimum absolute atomic E-state index is 0.260. The van der Waals surface area contributed by atoms with E-state index in [0.717, 1.165) is 0 Å². The largest absolute Gasteiger partial charge is 0.399 e. The standard InChI is InChI=1S/C11H12F2N4/c1-15-9-6-17(16-10(9)11(12)13)8-4-2-7(14)3-5-8/h2-6,11,15H,14H2,1H3. The Balaban J connectivity index is 2.42. The third-order valence-corrected chi connectivity index (χ3v) is 2.38. The van der Waals surface area contributed by atoms with Gasteiger partial charge in [-0.05, 0) is 24.3 Å². The minimum Gasteiger partial charge on any atom is -0.399 e. The molecule has 0 saturated carbocycles. The predicted octanol–water partition coefficient (Wildman–Crippen LogP) is 2.43. The number of hydrogen-bond acceptors (Lipinski definition) is 3. The van der Waals surface area contributed by atoms with Gasteiger partial charge in [-0.15, -0.1) is 0 Å². The average Bonchev–Trinajstić information content (AvgIpc) is 2.74. The number of nitrogen functional groups attached to an aromatic ring is 1. The van der Waals surface area contributed by atoms with E-state index in [1.54, 1.807) is 31.3 Å². The fourth-order valence-corrected chi connectivity index (χ4v) is 1.50. The number of alkyl halides is 2. The molecule has 0 unspecified atom stereocenters. The molecule has 2 aromatic rings. The molecule has 4 nitrogen and oxygen atoms in total. The molecule has 6 heteroatoms. The molecule has 0 amide bonds. The molecule has 0 aliphatic heterocycles. The zero-order chi connectivity index (χ0) is 12.4. The van der Waals surface area contributed by atoms with Gasteiger partial charge in [0.15, 0.2) is 5.69 Å². The van der Waals surface area contributed by atoms with Crippen LogP contribution >= 0.6 is 0 Å². The Kier molecular flexibility index (Phi) is 2.95. The van der Waals surface area contributed by atoms with E-state index in [0.29, 0.717) is 17.1 Å². The van der Waals surface area contributed by atoms with Crippen molar-refractivity contribution < 1.29 is 8.78 Å². The van der Waals surface area contributed by atoms with Crippen LogP contribution in [0.2, 0.25) is 0 Å². The summed E-state index contributed by atoms with van der Waals surface area (Å²) in [6.07, 6.45) is -1.08. The van der Waals surface area contributed by atoms with Crippen LogP contribution in [-0.4, -0.2) is 16.8 Å². The van der Waals surface area contributed by atoms with Crippen LogP contribution in [-0.2, 0) is 0 Å². The van der Waals surface area contributed by atoms with E-state index in [-0.39, 0.29) is 5.69 Å². The molecule has 0 fully saturated rings. The van der Waals surface area contributed by atoms with Gasteiger partial charge in [-0.2, -0.15) is 5.10 Å². The number of benzene rings is 1. The van der Waals surface area contributed by atoms with Crippen molar-refractivity contribution in [2.24, 2.45) is 0 Å². The van der Waals surface area contributed by atoms with Gasteiger partial charge < -0.3 is 11.1 Å². The summed E-state index contributed by atoms with van der Waals surface area (Å²) in [5, 5.41) is 6.53. The molecule has 0 radical (unpaired) electrons. The first kappa shape index (κ1) is 11.4. The van der Waals surface area contributed by atoms with Crippen molar-refractivity contribution in [1.29, 1.82) is 0 Å². The molecule has 0 aliphatic carbocycles. The number of hydrogen-bond donors (Lipinski definition) is 2. The van der Waals surface area contributed by atoms with Gasteiger partial charge in [-0.25, -0.2) is 13.5 Å². The van der Waals surface area contributed by atoms with Crippen LogP contribution in [0.3, 0.4) is 0 Å². The molecule has 1 heterocycles. The number of nitrogens with zero attached hydrogens (tertiary/aromatic N) is 2. The summed E-state index contributed by atoms with van der Waals surface area (Å²) in [5.41, 5.74) is 6.91. The van der Waals surface area contributed by atoms with Crippen LogP contribution in [0.25, 0.3) is 5.69 Å². The van der Waals surface area contributed by atoms with Crippen LogP contribution in [0.4, 0.5) is 20.2 Å². The van der Waals surface area contributed by atoms with Gasteiger partial charge >= 0.3 is 0 Å². The number of nitrogens with two attached hydrogens (primary N) is 1. The number of halogens is 2. The van der Waals surface area contributed by atoms with Crippen LogP contribution in [0, 0.1) is 0 Å². The van der Waals surface area contributed by atoms with E-state index in [2.05, 4.69) is 10.4 Å². The lowest BCUT2D eigenvalue weighted by molar-refractivity contribution is 0.146. The van der Waals surface area contributed by atoms with Crippen molar-refractivity contribution >= 4 is 11.4 Å². The summed E-state index contributed by atoms with van der Waals surface area (Å²) in [6, 6.07) is 6.82. The molecule has 3 N–H and O–H groups in total. The van der Waals surface area contributed by atoms with Gasteiger partial charge in [0, 0.05) is 12.7 Å². The average molecular weight is 238 g/mol. The minimum atomic E-state index is -2.60. The molecule has 0 bridgehead atoms. The zero-order valence-electron chi connectivity index (χ0n) is 9.19. The van der Waals surface area contributed by atoms with Gasteiger partial charge in [0.2, 0.25) is 0 Å². The van der Waals surface area contributed by atoms with Gasteiger partial charge in [-0.3, -0.25) is 0 Å². The molecule has 0 aliphatic rings. The maximum Gasteiger partial charge on any atom is 0.284 e. The van der Waals surface area contributed by atoms with Crippen molar-refractivity contribution in [2.75, 3.05) is 18.1 Å². The first-order valence-corrected chi connectivity index (χ1v) is 5.03. The van der Waals surface area contributed by atoms with Crippen molar-refractivity contribution in [3.63, 3.8) is 0 Å². The molecule has 0 atom stereocenters. The molecule has 90 valence electrons. The maximum absolute atomic E-state index is 12.7. The zero-order valence-corrected chi connectivity index (χ0v) is 9.19. The van der Waals surface area contributed by atoms with Crippen molar-refractivity contribution in [2.45, 2.75) is 6.43 Å². The van der Waals surface area contributed by atoms with E-state index in [9.17, 15) is 8.78 Å². The predicted molar refractivity (Wildman–Crippen MR) is 62.5 cm³/mol. The molecule has 1 aromatic heterocycles. The third-order valence-electron chi connectivity index (χ3n) is 2.38. The summed E-state index contributed by atoms with van der Waals surface area (Å²) in [4.78, 5) is 0. The summed E-state index contributed by atoms with van der Waals surface area (Å²) in [5.74, 6) is 0. The lowest BCUT2D eigenvalue weighted by Crippen LogP contribution is -1.97. The fourth-order valence-electron chi connectivity index (χ4n) is 1.50. The lowest BCUT2D eigenvalue weighted by Gasteiger charge is -2.00. The summed E-state index contributed by atoms with van der Waals surface area (Å²) in [6.45, 7) is 0. The Bertz CT molecular complexity index is 505. The molecular formula is C11H12F2N4. The highest BCUT2D eigenvalue weighted by Gasteiger charge is 2.17. The first-order valence-electron chi connectivity index (χ1n) is 5.03. The van der Waals surface area contributed by atoms with Crippen LogP contribution in [0.1, 0.15) is 12.1 Å². The maximum atomic E-state index is 12.7. The Morgan fingerprint density at radius 3 is 2.41 bits per heavy atom. The summed E-state index contributed by atoms with van der Waals surface area (Å²) < 4.78 is 26.7. The Morgan fingerprint density at radius 2 is 1.94 bits per heavy atom. The van der Waals surface area contributed by atoms with E-state index < -0.39 is 6.43 Å². The first-order chi connectivity index (χ1) is 8.11. The number of anilines is 2. The molecule has 2 rings (SSSR count). The highest BCUT2D eigenvalue weighted by atomic mass is 19.3. The van der Waals surface area contributed by atoms with Crippen LogP contribution < -0.4 is 11.1 Å². The second-order valence-corrected chi connectivity index (χ2v) is 3.51. The molecule has 0 saturated heterocycles. The quantitative estimate of drug-likeness (QED) is 0.807. The van der Waals surface area contributed by atoms with E-state index in [1.165, 1.54) is 10.9 Å². The van der Waals surface area contributed by atoms with Crippen molar-refractivity contribution in [1.82, 2.24) is 9.78 Å². The van der Waals surface area contributed by atoms with Crippen LogP contribution in [0.5, 0.6) is 0 Å². The highest BCUT2D eigenvalue weighted by Crippen LogP contribution is 2.26. The molecule has 1 aromatic carbocycles. The summed E-state index contributed by atoms with van der Waals surface area (Å²) in [7, 11) is 1.58. The van der Waals surface area contributed by atoms with E-state index in [1.807, 2.05) is 0 Å². The number of aromatic nitrogens is 2. The lowest BCUT2D eigenvalue weighted by atomic mass is 10.3. The SMILES string of the molecule is CNc1cn(-c2ccc(N)cc2)nc1C(F)F. The highest BCUT2D eigenvalue weighted by molar-refractivity contribution is 5.50. The number of rotatable bonds is 3. The van der Waals surface area contributed by atoms with E-state index in [4.69, 9.17) is 5.73 Å². The summed E-state index contributed by atoms with van der Waals surface area (Å²) >= 11 is 0. The Morgan fingerprint density at radius 1 is 1.29 bits per heavy atom. The molecule has 17 heavy (non-hydrogen) atoms. The Hall–Kier alpha value is -2.11. The Labute approximate surface area is 97.0 Å². The van der Waals surface area contributed by atoms with Gasteiger partial charge in [-0.1, -0.05) is 0 Å². The smallest absolute Gasteiger partial charge is 0.284 e. The second-order valence-electron chi connectivity index (χ2n) is 3.51. The van der Waals surface area contributed by atoms with Crippen molar-refractivity contribution in [3.05, 3.63) is 36.2 Å². The number of nitrogens with one attached hydrogen (secondary N) is 1. The molecule has 0 spiro atoms. The van der Waals surface area contributed by atoms with Crippen LogP contribution in [0.15, 0.2) is 30.5 Å². The van der Waals surface area contributed by atoms with Gasteiger partial charge in [0.1, 0.15) is 0 Å². The second kappa shape index (κ2) is 4.40. The van der Waals surface area contributed by atoms with Gasteiger partial charge in [0.05, 0.1) is 17.6 Å². The topological polar surface area (TPSA) is 55.9 Å². The van der Waals surface area contributed by atoms with Gasteiger partial charge in [0.25, 0.3) is 6.43 Å². The normalized spacial score (nSPS) is 10.8. The fraction of sp³-hybridized carbons (Fsp3) is 0.182. The monoisotopic (exact) mass is 238 g/mol.